The number of benzene rings is 3. The second kappa shape index (κ2) is 12.4. The van der Waals surface area contributed by atoms with E-state index in [-0.39, 0.29) is 31.4 Å². The van der Waals surface area contributed by atoms with Crippen molar-refractivity contribution < 1.29 is 31.6 Å². The number of ether oxygens (including phenoxy) is 4. The molecule has 2 aliphatic heterocycles. The standard InChI is InChI=1S/C34H34N4O7/c1-42-19-29-26(39)16-30(45-29)38-17-28-32(37-33(38)40)36-31-20(8-6-14-27(31)44-28)9-7-15-35-34(41)43-18-25-23-12-4-2-10-21(23)22-11-3-5-13-24(22)25/h2-6,8,10-14,17,25-26,29-30,39H,7,9,15-16,18-19H2,1H3,(H,35,41)(H,36,37,40)/i1TD. The fourth-order valence-corrected chi connectivity index (χ4v) is 6.32. The number of anilines is 2. The summed E-state index contributed by atoms with van der Waals surface area (Å²) < 4.78 is 38.1. The van der Waals surface area contributed by atoms with Gasteiger partial charge in [-0.3, -0.25) is 4.57 Å². The summed E-state index contributed by atoms with van der Waals surface area (Å²) in [7, 11) is -1.50. The topological polar surface area (TPSA) is 133 Å². The van der Waals surface area contributed by atoms with Crippen LogP contribution in [0.4, 0.5) is 16.3 Å². The molecular weight excluding hydrogens is 576 g/mol. The molecule has 1 aliphatic carbocycles. The molecule has 11 nitrogen and oxygen atoms in total. The van der Waals surface area contributed by atoms with Gasteiger partial charge in [0, 0.05) is 25.9 Å². The molecule has 0 spiro atoms. The number of aryl methyl sites for hydroxylation is 1. The number of aromatic nitrogens is 2. The van der Waals surface area contributed by atoms with Gasteiger partial charge in [0.25, 0.3) is 0 Å². The van der Waals surface area contributed by atoms with Crippen molar-refractivity contribution in [2.24, 2.45) is 0 Å². The van der Waals surface area contributed by atoms with Crippen molar-refractivity contribution in [1.29, 1.82) is 0 Å². The number of amides is 1. The van der Waals surface area contributed by atoms with Crippen LogP contribution in [-0.4, -0.2) is 59.8 Å². The molecule has 3 aliphatic rings. The van der Waals surface area contributed by atoms with Gasteiger partial charge in [0.05, 0.1) is 27.3 Å². The zero-order valence-electron chi connectivity index (χ0n) is 26.3. The van der Waals surface area contributed by atoms with Crippen molar-refractivity contribution in [3.63, 3.8) is 0 Å². The van der Waals surface area contributed by atoms with Crippen LogP contribution in [0.2, 0.25) is 0 Å². The fraction of sp³-hybridized carbons (Fsp3) is 0.324. The predicted molar refractivity (Wildman–Crippen MR) is 166 cm³/mol. The van der Waals surface area contributed by atoms with Crippen molar-refractivity contribution >= 4 is 17.6 Å². The summed E-state index contributed by atoms with van der Waals surface area (Å²) in [5, 5.41) is 16.4. The Balaban J connectivity index is 0.933. The summed E-state index contributed by atoms with van der Waals surface area (Å²) in [6.07, 6.45) is -0.115. The van der Waals surface area contributed by atoms with Crippen molar-refractivity contribution in [2.75, 3.05) is 32.1 Å². The van der Waals surface area contributed by atoms with Gasteiger partial charge in [-0.15, -0.1) is 0 Å². The van der Waals surface area contributed by atoms with Crippen LogP contribution in [0, 0.1) is 0 Å². The highest BCUT2D eigenvalue weighted by Gasteiger charge is 2.36. The van der Waals surface area contributed by atoms with Crippen molar-refractivity contribution in [1.82, 2.24) is 14.9 Å². The van der Waals surface area contributed by atoms with Crippen molar-refractivity contribution in [3.05, 3.63) is 100 Å². The van der Waals surface area contributed by atoms with E-state index in [0.717, 1.165) is 16.7 Å². The number of carbonyl (C=O) groups is 1. The third-order valence-electron chi connectivity index (χ3n) is 8.50. The number of methoxy groups -OCH3 is 1. The number of para-hydroxylation sites is 1. The zero-order chi connectivity index (χ0) is 32.5. The maximum atomic E-state index is 12.9. The summed E-state index contributed by atoms with van der Waals surface area (Å²) >= 11 is 0. The van der Waals surface area contributed by atoms with E-state index in [1.807, 2.05) is 36.4 Å². The lowest BCUT2D eigenvalue weighted by Gasteiger charge is -2.24. The molecule has 11 heteroatoms. The minimum absolute atomic E-state index is 0.00389. The highest BCUT2D eigenvalue weighted by atomic mass is 16.6. The molecule has 0 saturated carbocycles. The number of aliphatic hydroxyl groups is 1. The average molecular weight is 614 g/mol. The molecule has 1 amide bonds. The van der Waals surface area contributed by atoms with E-state index in [4.69, 9.17) is 21.7 Å². The summed E-state index contributed by atoms with van der Waals surface area (Å²) in [6.45, 7) is 0.518. The number of alkyl carbamates (subject to hydrolysis) is 1. The van der Waals surface area contributed by atoms with Crippen molar-refractivity contribution in [3.8, 4) is 22.6 Å². The lowest BCUT2D eigenvalue weighted by molar-refractivity contribution is -0.0547. The summed E-state index contributed by atoms with van der Waals surface area (Å²) in [5.41, 5.74) is 5.71. The zero-order valence-corrected chi connectivity index (χ0v) is 24.3. The summed E-state index contributed by atoms with van der Waals surface area (Å²) in [6, 6.07) is 22.0. The van der Waals surface area contributed by atoms with Gasteiger partial charge in [-0.05, 0) is 46.7 Å². The molecule has 4 unspecified atom stereocenters. The first-order chi connectivity index (χ1) is 22.9. The quantitative estimate of drug-likeness (QED) is 0.199. The number of nitrogens with zero attached hydrogens (tertiary/aromatic N) is 2. The molecule has 1 saturated heterocycles. The lowest BCUT2D eigenvalue weighted by Crippen LogP contribution is -2.29. The Labute approximate surface area is 262 Å². The highest BCUT2D eigenvalue weighted by Crippen LogP contribution is 2.45. The van der Waals surface area contributed by atoms with Crippen LogP contribution >= 0.6 is 0 Å². The Morgan fingerprint density at radius 2 is 1.91 bits per heavy atom. The number of hydrogen-bond donors (Lipinski definition) is 3. The third-order valence-corrected chi connectivity index (χ3v) is 8.50. The first-order valence-corrected chi connectivity index (χ1v) is 14.9. The molecule has 0 bridgehead atoms. The second-order valence-corrected chi connectivity index (χ2v) is 11.3. The molecule has 0 radical (unpaired) electrons. The van der Waals surface area contributed by atoms with E-state index in [1.165, 1.54) is 21.9 Å². The fourth-order valence-electron chi connectivity index (χ4n) is 6.32. The van der Waals surface area contributed by atoms with Crippen LogP contribution in [0.5, 0.6) is 11.5 Å². The van der Waals surface area contributed by atoms with E-state index in [1.54, 1.807) is 6.07 Å². The van der Waals surface area contributed by atoms with E-state index < -0.39 is 37.3 Å². The maximum Gasteiger partial charge on any atom is 0.407 e. The van der Waals surface area contributed by atoms with Gasteiger partial charge in [-0.2, -0.15) is 4.98 Å². The number of aliphatic hydroxyl groups excluding tert-OH is 1. The number of nitrogens with one attached hydrogen (secondary N) is 2. The molecule has 4 aromatic rings. The van der Waals surface area contributed by atoms with Gasteiger partial charge in [-0.25, -0.2) is 9.59 Å². The van der Waals surface area contributed by atoms with Crippen molar-refractivity contribution in [2.45, 2.75) is 43.6 Å². The molecule has 232 valence electrons. The molecule has 3 heterocycles. The van der Waals surface area contributed by atoms with Gasteiger partial charge < -0.3 is 34.7 Å². The summed E-state index contributed by atoms with van der Waals surface area (Å²) in [4.78, 5) is 29.7. The lowest BCUT2D eigenvalue weighted by atomic mass is 9.98. The normalized spacial score (nSPS) is 20.8. The van der Waals surface area contributed by atoms with E-state index >= 15 is 0 Å². The van der Waals surface area contributed by atoms with Crippen LogP contribution in [0.1, 0.15) is 44.4 Å². The van der Waals surface area contributed by atoms with Gasteiger partial charge in [0.15, 0.2) is 17.3 Å². The van der Waals surface area contributed by atoms with Gasteiger partial charge in [-0.1, -0.05) is 60.7 Å². The second-order valence-electron chi connectivity index (χ2n) is 11.3. The minimum Gasteiger partial charge on any atom is -0.450 e. The number of rotatable bonds is 9. The average Bonchev–Trinajstić information content (AvgIpc) is 3.60. The van der Waals surface area contributed by atoms with Gasteiger partial charge in [0.2, 0.25) is 0 Å². The molecule has 1 fully saturated rings. The maximum absolute atomic E-state index is 12.9. The van der Waals surface area contributed by atoms with E-state index in [2.05, 4.69) is 39.9 Å². The van der Waals surface area contributed by atoms with Crippen LogP contribution in [0.15, 0.2) is 77.7 Å². The molecule has 45 heavy (non-hydrogen) atoms. The molecule has 7 rings (SSSR count). The third kappa shape index (κ3) is 5.66. The minimum atomic E-state index is -1.50. The van der Waals surface area contributed by atoms with Crippen LogP contribution in [0.25, 0.3) is 11.1 Å². The first-order valence-electron chi connectivity index (χ1n) is 16.1. The molecule has 3 aromatic carbocycles. The van der Waals surface area contributed by atoms with Crippen LogP contribution in [-0.2, 0) is 20.6 Å². The molecule has 3 N–H and O–H groups in total. The number of carbonyl (C=O) groups excluding carboxylic acids is 1. The SMILES string of the molecule is [2H]C([3H])OCC1OC(n2cc3c(nc2=O)Nc2c(CCCNC(=O)OCC4c5ccccc5-c5ccccc54)cccc2O3)CC1O. The van der Waals surface area contributed by atoms with E-state index in [9.17, 15) is 14.7 Å². The Hall–Kier alpha value is -4.71. The van der Waals surface area contributed by atoms with Crippen LogP contribution < -0.4 is 21.1 Å². The molecule has 1 aromatic heterocycles. The van der Waals surface area contributed by atoms with Crippen LogP contribution in [0.3, 0.4) is 0 Å². The Morgan fingerprint density at radius 1 is 1.13 bits per heavy atom. The molecular formula is C34H34N4O7. The monoisotopic (exact) mass is 613 g/mol. The smallest absolute Gasteiger partial charge is 0.407 e. The largest absolute Gasteiger partial charge is 0.450 e. The van der Waals surface area contributed by atoms with Gasteiger partial charge >= 0.3 is 11.8 Å². The number of fused-ring (bicyclic) bond motifs is 5. The Bertz CT molecular complexity index is 1810. The highest BCUT2D eigenvalue weighted by molar-refractivity contribution is 5.79. The Morgan fingerprint density at radius 3 is 2.69 bits per heavy atom. The predicted octanol–water partition coefficient (Wildman–Crippen LogP) is 4.86. The number of hydrogen-bond acceptors (Lipinski definition) is 9. The Kier molecular flexibility index (Phi) is 7.32. The molecule has 4 atom stereocenters. The summed E-state index contributed by atoms with van der Waals surface area (Å²) in [5.74, 6) is 1.13. The first kappa shape index (κ1) is 26.7. The van der Waals surface area contributed by atoms with E-state index in [0.29, 0.717) is 36.6 Å². The van der Waals surface area contributed by atoms with Gasteiger partial charge in [0.1, 0.15) is 18.9 Å².